The van der Waals surface area contributed by atoms with Crippen LogP contribution in [0.5, 0.6) is 0 Å². The van der Waals surface area contributed by atoms with E-state index < -0.39 is 0 Å². The summed E-state index contributed by atoms with van der Waals surface area (Å²) in [4.78, 5) is 0. The molecule has 4 rings (SSSR count). The average molecular weight is 517 g/mol. The smallest absolute Gasteiger partial charge is 0.0825 e. The molecule has 1 aliphatic heterocycles. The van der Waals surface area contributed by atoms with Crippen LogP contribution in [0.3, 0.4) is 0 Å². The first kappa shape index (κ1) is 29.4. The van der Waals surface area contributed by atoms with Crippen molar-refractivity contribution in [2.75, 3.05) is 6.61 Å². The molecule has 0 N–H and O–H groups in total. The van der Waals surface area contributed by atoms with E-state index in [2.05, 4.69) is 62.4 Å². The minimum atomic E-state index is 0.286. The van der Waals surface area contributed by atoms with E-state index in [1.807, 2.05) is 0 Å². The van der Waals surface area contributed by atoms with E-state index in [9.17, 15) is 0 Å². The molecular weight excluding hydrogens is 460 g/mol. The highest BCUT2D eigenvalue weighted by atomic mass is 16.5. The van der Waals surface area contributed by atoms with Gasteiger partial charge in [0, 0.05) is 0 Å². The van der Waals surface area contributed by atoms with E-state index in [4.69, 9.17) is 4.74 Å². The van der Waals surface area contributed by atoms with Crippen LogP contribution >= 0.6 is 0 Å². The Labute approximate surface area is 235 Å². The minimum Gasteiger partial charge on any atom is -0.373 e. The highest BCUT2D eigenvalue weighted by Gasteiger charge is 2.23. The summed E-state index contributed by atoms with van der Waals surface area (Å²) in [5, 5.41) is 0. The fourth-order valence-electron chi connectivity index (χ4n) is 6.99. The normalized spacial score (nSPS) is 23.9. The van der Waals surface area contributed by atoms with Gasteiger partial charge in [-0.25, -0.2) is 0 Å². The summed E-state index contributed by atoms with van der Waals surface area (Å²) in [6, 6.07) is 18.7. The molecule has 0 bridgehead atoms. The predicted octanol–water partition coefficient (Wildman–Crippen LogP) is 11.8. The van der Waals surface area contributed by atoms with Crippen molar-refractivity contribution in [2.24, 2.45) is 11.8 Å². The molecule has 2 fully saturated rings. The van der Waals surface area contributed by atoms with Crippen LogP contribution in [0.25, 0.3) is 11.1 Å². The molecule has 1 saturated carbocycles. The molecule has 0 spiro atoms. The van der Waals surface area contributed by atoms with Crippen molar-refractivity contribution in [3.63, 3.8) is 0 Å². The van der Waals surface area contributed by atoms with Crippen LogP contribution in [-0.2, 0) is 4.74 Å². The van der Waals surface area contributed by atoms with Crippen molar-refractivity contribution in [2.45, 2.75) is 141 Å². The third kappa shape index (κ3) is 9.25. The van der Waals surface area contributed by atoms with Gasteiger partial charge in [0.2, 0.25) is 0 Å². The zero-order chi connectivity index (χ0) is 26.4. The van der Waals surface area contributed by atoms with Gasteiger partial charge in [-0.1, -0.05) is 133 Å². The van der Waals surface area contributed by atoms with Crippen molar-refractivity contribution in [3.8, 4) is 11.1 Å². The first-order chi connectivity index (χ1) is 18.8. The lowest BCUT2D eigenvalue weighted by Gasteiger charge is -2.29. The largest absolute Gasteiger partial charge is 0.373 e. The molecule has 2 atom stereocenters. The number of ether oxygens (including phenoxy) is 1. The van der Waals surface area contributed by atoms with Gasteiger partial charge in [-0.05, 0) is 85.0 Å². The Morgan fingerprint density at radius 3 is 1.55 bits per heavy atom. The molecule has 2 unspecified atom stereocenters. The van der Waals surface area contributed by atoms with Crippen LogP contribution in [0, 0.1) is 11.8 Å². The highest BCUT2D eigenvalue weighted by molar-refractivity contribution is 5.64. The molecule has 0 radical (unpaired) electrons. The molecule has 2 aromatic carbocycles. The van der Waals surface area contributed by atoms with Crippen LogP contribution < -0.4 is 0 Å². The van der Waals surface area contributed by atoms with E-state index in [0.717, 1.165) is 24.4 Å². The number of unbranched alkanes of at least 4 members (excludes halogenated alkanes) is 8. The summed E-state index contributed by atoms with van der Waals surface area (Å²) in [5.74, 6) is 2.53. The maximum Gasteiger partial charge on any atom is 0.0825 e. The van der Waals surface area contributed by atoms with Gasteiger partial charge in [0.25, 0.3) is 0 Å². The molecule has 38 heavy (non-hydrogen) atoms. The second kappa shape index (κ2) is 16.5. The van der Waals surface area contributed by atoms with Crippen molar-refractivity contribution in [1.29, 1.82) is 0 Å². The Balaban J connectivity index is 1.18. The van der Waals surface area contributed by atoms with E-state index in [0.29, 0.717) is 0 Å². The molecule has 1 saturated heterocycles. The summed E-state index contributed by atoms with van der Waals surface area (Å²) in [5.41, 5.74) is 5.58. The maximum atomic E-state index is 6.33. The molecule has 1 heterocycles. The van der Waals surface area contributed by atoms with Crippen molar-refractivity contribution >= 4 is 0 Å². The van der Waals surface area contributed by atoms with Gasteiger partial charge in [0.15, 0.2) is 0 Å². The van der Waals surface area contributed by atoms with Crippen LogP contribution in [0.4, 0.5) is 0 Å². The minimum absolute atomic E-state index is 0.286. The zero-order valence-corrected chi connectivity index (χ0v) is 24.8. The number of hydrogen-bond donors (Lipinski definition) is 0. The molecule has 1 heteroatoms. The number of rotatable bonds is 15. The third-order valence-electron chi connectivity index (χ3n) is 9.65. The molecule has 210 valence electrons. The van der Waals surface area contributed by atoms with E-state index in [-0.39, 0.29) is 6.10 Å². The standard InChI is InChI=1S/C37H56O/c1-3-5-7-9-11-13-30-15-18-32(19-16-30)33-20-22-34(23-21-33)35-24-26-36(27-25-35)37-28-17-31(29-38-37)14-12-10-8-6-4-2/h20-27,30-32,37H,3-19,28-29H2,1-2H3/t30-,31?,32-,37?. The van der Waals surface area contributed by atoms with Crippen molar-refractivity contribution < 1.29 is 4.74 Å². The first-order valence-electron chi connectivity index (χ1n) is 16.6. The Hall–Kier alpha value is -1.60. The number of hydrogen-bond acceptors (Lipinski definition) is 1. The first-order valence-corrected chi connectivity index (χ1v) is 16.6. The molecular formula is C37H56O. The van der Waals surface area contributed by atoms with Gasteiger partial charge >= 0.3 is 0 Å². The Bertz CT molecular complexity index is 790. The SMILES string of the molecule is CCCCCCCC1CCC(c2ccc(-c3ccc([C@H]4CC[C@H](CCCCCCC)CC4)cc3)cc2)OC1. The second-order valence-corrected chi connectivity index (χ2v) is 12.6. The van der Waals surface area contributed by atoms with Gasteiger partial charge < -0.3 is 4.74 Å². The van der Waals surface area contributed by atoms with Crippen LogP contribution in [-0.4, -0.2) is 6.61 Å². The average Bonchev–Trinajstić information content (AvgIpc) is 2.98. The number of benzene rings is 2. The Morgan fingerprint density at radius 1 is 0.526 bits per heavy atom. The summed E-state index contributed by atoms with van der Waals surface area (Å²) in [7, 11) is 0. The Kier molecular flexibility index (Phi) is 12.8. The van der Waals surface area contributed by atoms with Gasteiger partial charge in [-0.15, -0.1) is 0 Å². The molecule has 2 aliphatic rings. The second-order valence-electron chi connectivity index (χ2n) is 12.6. The summed E-state index contributed by atoms with van der Waals surface area (Å²) >= 11 is 0. The van der Waals surface area contributed by atoms with E-state index in [1.54, 1.807) is 5.56 Å². The van der Waals surface area contributed by atoms with Crippen LogP contribution in [0.15, 0.2) is 48.5 Å². The lowest BCUT2D eigenvalue weighted by Crippen LogP contribution is -2.20. The van der Waals surface area contributed by atoms with Crippen molar-refractivity contribution in [1.82, 2.24) is 0 Å². The van der Waals surface area contributed by atoms with Crippen LogP contribution in [0.2, 0.25) is 0 Å². The summed E-state index contributed by atoms with van der Waals surface area (Å²) < 4.78 is 6.33. The van der Waals surface area contributed by atoms with Gasteiger partial charge in [-0.2, -0.15) is 0 Å². The highest BCUT2D eigenvalue weighted by Crippen LogP contribution is 2.39. The van der Waals surface area contributed by atoms with Gasteiger partial charge in [0.05, 0.1) is 12.7 Å². The maximum absolute atomic E-state index is 6.33. The van der Waals surface area contributed by atoms with Crippen LogP contribution in [0.1, 0.15) is 153 Å². The summed E-state index contributed by atoms with van der Waals surface area (Å²) in [6.45, 7) is 5.55. The van der Waals surface area contributed by atoms with Gasteiger partial charge in [0.1, 0.15) is 0 Å². The Morgan fingerprint density at radius 2 is 1.03 bits per heavy atom. The lowest BCUT2D eigenvalue weighted by molar-refractivity contribution is -0.0199. The summed E-state index contributed by atoms with van der Waals surface area (Å²) in [6.07, 6.45) is 25.3. The molecule has 1 aliphatic carbocycles. The molecule has 0 amide bonds. The lowest BCUT2D eigenvalue weighted by atomic mass is 9.77. The monoisotopic (exact) mass is 516 g/mol. The van der Waals surface area contributed by atoms with E-state index in [1.165, 1.54) is 132 Å². The molecule has 2 aromatic rings. The van der Waals surface area contributed by atoms with Crippen molar-refractivity contribution in [3.05, 3.63) is 59.7 Å². The third-order valence-corrected chi connectivity index (χ3v) is 9.65. The predicted molar refractivity (Wildman–Crippen MR) is 165 cm³/mol. The van der Waals surface area contributed by atoms with E-state index >= 15 is 0 Å². The molecule has 0 aromatic heterocycles. The zero-order valence-electron chi connectivity index (χ0n) is 24.8. The fourth-order valence-corrected chi connectivity index (χ4v) is 6.99. The quantitative estimate of drug-likeness (QED) is 0.214. The topological polar surface area (TPSA) is 9.23 Å². The fraction of sp³-hybridized carbons (Fsp3) is 0.676. The molecule has 1 nitrogen and oxygen atoms in total. The van der Waals surface area contributed by atoms with Gasteiger partial charge in [-0.3, -0.25) is 0 Å².